The molecule has 0 aliphatic rings. The van der Waals surface area contributed by atoms with Crippen molar-refractivity contribution in [2.45, 2.75) is 90.8 Å². The van der Waals surface area contributed by atoms with Crippen LogP contribution in [0, 0.1) is 23.2 Å². The number of hydrogen-bond donors (Lipinski definition) is 3. The van der Waals surface area contributed by atoms with Crippen LogP contribution in [0.5, 0.6) is 11.8 Å². The number of alkyl halides is 3. The lowest BCUT2D eigenvalue weighted by Crippen LogP contribution is -2.51. The van der Waals surface area contributed by atoms with Gasteiger partial charge in [0.05, 0.1) is 29.8 Å². The van der Waals surface area contributed by atoms with E-state index in [0.717, 1.165) is 28.8 Å². The summed E-state index contributed by atoms with van der Waals surface area (Å²) in [7, 11) is 0. The lowest BCUT2D eigenvalue weighted by atomic mass is 9.85. The van der Waals surface area contributed by atoms with Crippen LogP contribution in [0.1, 0.15) is 85.6 Å². The van der Waals surface area contributed by atoms with Crippen molar-refractivity contribution in [3.63, 3.8) is 0 Å². The van der Waals surface area contributed by atoms with Gasteiger partial charge in [0.25, 0.3) is 11.8 Å². The van der Waals surface area contributed by atoms with Crippen LogP contribution < -0.4 is 25.4 Å². The van der Waals surface area contributed by atoms with Crippen LogP contribution in [-0.4, -0.2) is 64.6 Å². The molecule has 0 saturated heterocycles. The molecule has 3 atom stereocenters. The van der Waals surface area contributed by atoms with Gasteiger partial charge in [0.1, 0.15) is 6.04 Å². The number of aryl methyl sites for hydroxylation is 1. The van der Waals surface area contributed by atoms with Gasteiger partial charge in [0, 0.05) is 48.6 Å². The number of nitriles is 1. The fourth-order valence-electron chi connectivity index (χ4n) is 5.35. The fourth-order valence-corrected chi connectivity index (χ4v) is 5.35. The van der Waals surface area contributed by atoms with Gasteiger partial charge >= 0.3 is 6.18 Å². The monoisotopic (exact) mass is 803 g/mol. The molecule has 0 fully saturated rings. The highest BCUT2D eigenvalue weighted by Crippen LogP contribution is 2.30. The first-order valence-electron chi connectivity index (χ1n) is 18.4. The number of rotatable bonds is 16. The summed E-state index contributed by atoms with van der Waals surface area (Å²) in [6.07, 6.45) is -1.54. The van der Waals surface area contributed by atoms with Gasteiger partial charge in [-0.1, -0.05) is 35.5 Å². The second kappa shape index (κ2) is 21.2. The van der Waals surface area contributed by atoms with Crippen molar-refractivity contribution in [2.24, 2.45) is 5.18 Å². The topological polar surface area (TPSA) is 185 Å². The number of nitrogens with zero attached hydrogens (tertiary/aromatic N) is 4. The summed E-state index contributed by atoms with van der Waals surface area (Å²) in [4.78, 5) is 56.2. The Morgan fingerprint density at radius 2 is 1.57 bits per heavy atom. The van der Waals surface area contributed by atoms with E-state index >= 15 is 0 Å². The predicted molar refractivity (Wildman–Crippen MR) is 211 cm³/mol. The van der Waals surface area contributed by atoms with Crippen LogP contribution in [0.4, 0.5) is 13.2 Å². The van der Waals surface area contributed by atoms with Crippen LogP contribution in [0.15, 0.2) is 90.4 Å². The van der Waals surface area contributed by atoms with Crippen molar-refractivity contribution in [2.75, 3.05) is 13.1 Å². The second-order valence-corrected chi connectivity index (χ2v) is 14.2. The Kier molecular flexibility index (Phi) is 16.8. The van der Waals surface area contributed by atoms with E-state index in [9.17, 15) is 37.7 Å². The maximum absolute atomic E-state index is 13.4. The van der Waals surface area contributed by atoms with E-state index in [1.807, 2.05) is 39.0 Å². The molecule has 3 unspecified atom stereocenters. The molecular formula is C42H48F3N7O6. The zero-order chi connectivity index (χ0) is 43.0. The summed E-state index contributed by atoms with van der Waals surface area (Å²) < 4.78 is 49.8. The van der Waals surface area contributed by atoms with Crippen molar-refractivity contribution in [1.82, 2.24) is 25.9 Å². The number of hydrogen-bond acceptors (Lipinski definition) is 10. The molecule has 2 aromatic heterocycles. The van der Waals surface area contributed by atoms with Crippen molar-refractivity contribution >= 4 is 17.7 Å². The average molecular weight is 804 g/mol. The van der Waals surface area contributed by atoms with Crippen LogP contribution in [0.2, 0.25) is 0 Å². The SMILES string of the molecule is CC(NC(=O)c1ccc(CC(c2cccc(C#N)c2)C(C)NC(=O)C(C)(C)Oc2ccc(C(F)(F)F)cn2)cc1)C(=O)NCCN=O.Cc1ccc(OC(C)C)nc1. The third-order valence-corrected chi connectivity index (χ3v) is 8.53. The standard InChI is InChI=1S/C33H35F3N6O5.C9H13NO/c1-20(42-31(45)32(3,4)47-28-13-12-26(19-39-28)33(34,35)36)27(25-7-5-6-23(16-25)18-37)17-22-8-10-24(11-9-22)30(44)41-21(2)29(43)38-14-15-40-46;1-7(2)11-9-5-4-8(3)6-10-9/h5-13,16,19-21,27H,14-15,17H2,1-4H3,(H,38,43)(H,41,44)(H,42,45);4-7H,1-3H3. The Morgan fingerprint density at radius 1 is 0.897 bits per heavy atom. The van der Waals surface area contributed by atoms with E-state index in [0.29, 0.717) is 29.6 Å². The van der Waals surface area contributed by atoms with Gasteiger partial charge in [0.2, 0.25) is 17.7 Å². The molecule has 2 heterocycles. The molecule has 0 spiro atoms. The molecular weight excluding hydrogens is 755 g/mol. The van der Waals surface area contributed by atoms with Crippen LogP contribution in [0.3, 0.4) is 0 Å². The van der Waals surface area contributed by atoms with E-state index in [-0.39, 0.29) is 31.0 Å². The maximum atomic E-state index is 13.4. The molecule has 0 bridgehead atoms. The van der Waals surface area contributed by atoms with Gasteiger partial charge in [-0.15, -0.1) is 0 Å². The number of nitroso groups, excluding NO2 is 1. The lowest BCUT2D eigenvalue weighted by molar-refractivity contribution is -0.138. The Labute approximate surface area is 335 Å². The molecule has 16 heteroatoms. The van der Waals surface area contributed by atoms with Crippen LogP contribution >= 0.6 is 0 Å². The highest BCUT2D eigenvalue weighted by Gasteiger charge is 2.35. The molecule has 4 aromatic rings. The van der Waals surface area contributed by atoms with E-state index in [1.165, 1.54) is 20.8 Å². The van der Waals surface area contributed by atoms with Crippen molar-refractivity contribution < 1.29 is 37.0 Å². The quantitative estimate of drug-likeness (QED) is 0.0806. The molecule has 308 valence electrons. The molecule has 4 rings (SSSR count). The van der Waals surface area contributed by atoms with E-state index < -0.39 is 47.1 Å². The number of carbonyl (C=O) groups is 3. The zero-order valence-corrected chi connectivity index (χ0v) is 33.4. The van der Waals surface area contributed by atoms with Gasteiger partial charge in [0.15, 0.2) is 5.60 Å². The first-order chi connectivity index (χ1) is 27.3. The van der Waals surface area contributed by atoms with Gasteiger partial charge in [-0.2, -0.15) is 23.3 Å². The molecule has 13 nitrogen and oxygen atoms in total. The Hall–Kier alpha value is -6.37. The van der Waals surface area contributed by atoms with Crippen molar-refractivity contribution in [3.05, 3.63) is 123 Å². The normalized spacial score (nSPS) is 12.7. The smallest absolute Gasteiger partial charge is 0.417 e. The van der Waals surface area contributed by atoms with Gasteiger partial charge in [-0.05, 0) is 102 Å². The molecule has 0 aliphatic carbocycles. The summed E-state index contributed by atoms with van der Waals surface area (Å²) in [6.45, 7) is 12.2. The predicted octanol–water partition coefficient (Wildman–Crippen LogP) is 6.84. The number of aromatic nitrogens is 2. The maximum Gasteiger partial charge on any atom is 0.417 e. The summed E-state index contributed by atoms with van der Waals surface area (Å²) in [6, 6.07) is 20.1. The molecule has 0 radical (unpaired) electrons. The third-order valence-electron chi connectivity index (χ3n) is 8.53. The first-order valence-corrected chi connectivity index (χ1v) is 18.4. The number of pyridine rings is 2. The van der Waals surface area contributed by atoms with Crippen LogP contribution in [-0.2, 0) is 22.2 Å². The van der Waals surface area contributed by atoms with E-state index in [1.54, 1.807) is 55.6 Å². The third kappa shape index (κ3) is 14.6. The Balaban J connectivity index is 0.000000703. The van der Waals surface area contributed by atoms with E-state index in [2.05, 4.69) is 37.2 Å². The number of amides is 3. The first kappa shape index (κ1) is 46.0. The molecule has 3 N–H and O–H groups in total. The summed E-state index contributed by atoms with van der Waals surface area (Å²) in [5, 5.41) is 20.2. The fraction of sp³-hybridized carbons (Fsp3) is 0.381. The minimum atomic E-state index is -4.56. The minimum absolute atomic E-state index is 0.0649. The van der Waals surface area contributed by atoms with Crippen molar-refractivity contribution in [3.8, 4) is 17.8 Å². The van der Waals surface area contributed by atoms with Gasteiger partial charge in [-0.25, -0.2) is 9.97 Å². The summed E-state index contributed by atoms with van der Waals surface area (Å²) in [5.41, 5.74) is 1.02. The summed E-state index contributed by atoms with van der Waals surface area (Å²) >= 11 is 0. The summed E-state index contributed by atoms with van der Waals surface area (Å²) in [5.74, 6) is -1.28. The number of ether oxygens (including phenoxy) is 2. The number of nitrogens with one attached hydrogen (secondary N) is 3. The highest BCUT2D eigenvalue weighted by atomic mass is 19.4. The van der Waals surface area contributed by atoms with E-state index in [4.69, 9.17) is 9.47 Å². The molecule has 3 amide bonds. The van der Waals surface area contributed by atoms with Gasteiger partial charge in [-0.3, -0.25) is 14.4 Å². The molecule has 58 heavy (non-hydrogen) atoms. The molecule has 2 aromatic carbocycles. The Morgan fingerprint density at radius 3 is 2.14 bits per heavy atom. The van der Waals surface area contributed by atoms with Gasteiger partial charge < -0.3 is 25.4 Å². The van der Waals surface area contributed by atoms with Crippen molar-refractivity contribution in [1.29, 1.82) is 5.26 Å². The average Bonchev–Trinajstić information content (AvgIpc) is 3.17. The lowest BCUT2D eigenvalue weighted by Gasteiger charge is -2.30. The Bertz CT molecular complexity index is 2020. The molecule has 0 saturated carbocycles. The number of benzene rings is 2. The number of halogens is 3. The minimum Gasteiger partial charge on any atom is -0.475 e. The zero-order valence-electron chi connectivity index (χ0n) is 33.4. The largest absolute Gasteiger partial charge is 0.475 e. The number of carbonyl (C=O) groups excluding carboxylic acids is 3. The second-order valence-electron chi connectivity index (χ2n) is 14.2. The van der Waals surface area contributed by atoms with Crippen LogP contribution in [0.25, 0.3) is 0 Å². The highest BCUT2D eigenvalue weighted by molar-refractivity contribution is 5.97. The molecule has 0 aliphatic heterocycles.